The molecule has 0 radical (unpaired) electrons. The largest absolute Gasteiger partial charge is 0.370 e. The second-order valence-corrected chi connectivity index (χ2v) is 6.52. The minimum Gasteiger partial charge on any atom is -0.370 e. The Labute approximate surface area is 130 Å². The van der Waals surface area contributed by atoms with E-state index in [1.165, 1.54) is 38.5 Å². The minimum absolute atomic E-state index is 0.180. The SMILES string of the molecule is c1cc2ncnc(NCC3CCC4(CCCCC4)O3)c2cn1. The van der Waals surface area contributed by atoms with Gasteiger partial charge in [0.1, 0.15) is 12.1 Å². The van der Waals surface area contributed by atoms with Gasteiger partial charge >= 0.3 is 0 Å². The first-order valence-corrected chi connectivity index (χ1v) is 8.31. The number of nitrogens with one attached hydrogen (secondary N) is 1. The van der Waals surface area contributed by atoms with Gasteiger partial charge in [-0.3, -0.25) is 4.98 Å². The number of anilines is 1. The van der Waals surface area contributed by atoms with E-state index in [4.69, 9.17) is 4.74 Å². The van der Waals surface area contributed by atoms with Gasteiger partial charge in [-0.2, -0.15) is 0 Å². The lowest BCUT2D eigenvalue weighted by atomic mass is 9.83. The van der Waals surface area contributed by atoms with Crippen LogP contribution in [-0.2, 0) is 4.74 Å². The summed E-state index contributed by atoms with van der Waals surface area (Å²) in [7, 11) is 0. The van der Waals surface area contributed by atoms with E-state index in [9.17, 15) is 0 Å². The Kier molecular flexibility index (Phi) is 3.66. The van der Waals surface area contributed by atoms with Crippen LogP contribution < -0.4 is 5.32 Å². The summed E-state index contributed by atoms with van der Waals surface area (Å²) in [5, 5.41) is 4.40. The Morgan fingerprint density at radius 1 is 1.18 bits per heavy atom. The molecule has 1 atom stereocenters. The molecule has 1 saturated heterocycles. The Balaban J connectivity index is 1.42. The molecular weight excluding hydrogens is 276 g/mol. The molecule has 1 saturated carbocycles. The molecule has 0 amide bonds. The van der Waals surface area contributed by atoms with Gasteiger partial charge in [0, 0.05) is 18.9 Å². The van der Waals surface area contributed by atoms with E-state index in [0.717, 1.165) is 29.7 Å². The molecule has 5 nitrogen and oxygen atoms in total. The number of nitrogens with zero attached hydrogens (tertiary/aromatic N) is 3. The summed E-state index contributed by atoms with van der Waals surface area (Å²) >= 11 is 0. The molecule has 1 aliphatic carbocycles. The van der Waals surface area contributed by atoms with E-state index in [2.05, 4.69) is 20.3 Å². The van der Waals surface area contributed by atoms with E-state index in [-0.39, 0.29) is 5.60 Å². The zero-order valence-corrected chi connectivity index (χ0v) is 12.8. The van der Waals surface area contributed by atoms with Gasteiger partial charge in [-0.25, -0.2) is 9.97 Å². The van der Waals surface area contributed by atoms with Gasteiger partial charge < -0.3 is 10.1 Å². The van der Waals surface area contributed by atoms with Crippen LogP contribution in [0.25, 0.3) is 10.9 Å². The zero-order valence-electron chi connectivity index (χ0n) is 12.8. The summed E-state index contributed by atoms with van der Waals surface area (Å²) in [5.74, 6) is 0.853. The topological polar surface area (TPSA) is 59.9 Å². The Hall–Kier alpha value is -1.75. The van der Waals surface area contributed by atoms with Crippen LogP contribution >= 0.6 is 0 Å². The molecule has 0 bridgehead atoms. The maximum atomic E-state index is 6.40. The lowest BCUT2D eigenvalue weighted by molar-refractivity contribution is -0.0588. The van der Waals surface area contributed by atoms with Gasteiger partial charge in [0.15, 0.2) is 0 Å². The number of pyridine rings is 1. The highest BCUT2D eigenvalue weighted by Gasteiger charge is 2.40. The van der Waals surface area contributed by atoms with Crippen molar-refractivity contribution in [1.82, 2.24) is 15.0 Å². The summed E-state index contributed by atoms with van der Waals surface area (Å²) in [6, 6.07) is 1.91. The first-order chi connectivity index (χ1) is 10.8. The number of ether oxygens (including phenoxy) is 1. The summed E-state index contributed by atoms with van der Waals surface area (Å²) in [5.41, 5.74) is 1.10. The molecule has 2 aliphatic rings. The molecule has 22 heavy (non-hydrogen) atoms. The standard InChI is InChI=1S/C17H22N4O/c1-2-6-17(7-3-1)8-4-13(22-17)10-19-16-14-11-18-9-5-15(14)20-12-21-16/h5,9,11-13H,1-4,6-8,10H2,(H,19,20,21). The molecule has 2 fully saturated rings. The third-order valence-electron chi connectivity index (χ3n) is 5.04. The number of aromatic nitrogens is 3. The van der Waals surface area contributed by atoms with Crippen molar-refractivity contribution < 1.29 is 4.74 Å². The second kappa shape index (κ2) is 5.80. The Morgan fingerprint density at radius 2 is 2.09 bits per heavy atom. The van der Waals surface area contributed by atoms with Crippen LogP contribution in [0.5, 0.6) is 0 Å². The average molecular weight is 298 g/mol. The second-order valence-electron chi connectivity index (χ2n) is 6.52. The lowest BCUT2D eigenvalue weighted by Crippen LogP contribution is -2.33. The first kappa shape index (κ1) is 13.9. The molecule has 1 N–H and O–H groups in total. The van der Waals surface area contributed by atoms with Gasteiger partial charge in [-0.05, 0) is 31.7 Å². The predicted molar refractivity (Wildman–Crippen MR) is 85.7 cm³/mol. The van der Waals surface area contributed by atoms with Gasteiger partial charge in [0.05, 0.1) is 22.6 Å². The Morgan fingerprint density at radius 3 is 3.00 bits per heavy atom. The van der Waals surface area contributed by atoms with Crippen LogP contribution in [0.15, 0.2) is 24.8 Å². The maximum absolute atomic E-state index is 6.40. The molecule has 2 aromatic rings. The van der Waals surface area contributed by atoms with Crippen molar-refractivity contribution in [2.45, 2.75) is 56.7 Å². The van der Waals surface area contributed by atoms with Gasteiger partial charge in [0.25, 0.3) is 0 Å². The highest BCUT2D eigenvalue weighted by atomic mass is 16.5. The lowest BCUT2D eigenvalue weighted by Gasteiger charge is -2.33. The van der Waals surface area contributed by atoms with Crippen molar-refractivity contribution in [3.63, 3.8) is 0 Å². The van der Waals surface area contributed by atoms with Crippen LogP contribution in [0.3, 0.4) is 0 Å². The minimum atomic E-state index is 0.180. The zero-order chi connectivity index (χ0) is 14.8. The van der Waals surface area contributed by atoms with E-state index in [1.807, 2.05) is 12.3 Å². The van der Waals surface area contributed by atoms with E-state index >= 15 is 0 Å². The molecule has 3 heterocycles. The quantitative estimate of drug-likeness (QED) is 0.942. The number of rotatable bonds is 3. The van der Waals surface area contributed by atoms with Crippen LogP contribution in [0.4, 0.5) is 5.82 Å². The maximum Gasteiger partial charge on any atom is 0.138 e. The molecule has 1 unspecified atom stereocenters. The van der Waals surface area contributed by atoms with Crippen LogP contribution in [0, 0.1) is 0 Å². The van der Waals surface area contributed by atoms with E-state index in [1.54, 1.807) is 12.5 Å². The molecule has 1 aliphatic heterocycles. The van der Waals surface area contributed by atoms with Crippen LogP contribution in [-0.4, -0.2) is 33.2 Å². The summed E-state index contributed by atoms with van der Waals surface area (Å²) in [6.45, 7) is 0.808. The fourth-order valence-electron chi connectivity index (χ4n) is 3.86. The normalized spacial score (nSPS) is 23.9. The molecule has 0 aromatic carbocycles. The number of fused-ring (bicyclic) bond motifs is 1. The third kappa shape index (κ3) is 2.65. The van der Waals surface area contributed by atoms with Crippen molar-refractivity contribution >= 4 is 16.7 Å². The van der Waals surface area contributed by atoms with Gasteiger partial charge in [0.2, 0.25) is 0 Å². The first-order valence-electron chi connectivity index (χ1n) is 8.31. The molecule has 1 spiro atoms. The number of hydrogen-bond donors (Lipinski definition) is 1. The van der Waals surface area contributed by atoms with Crippen molar-refractivity contribution in [2.24, 2.45) is 0 Å². The van der Waals surface area contributed by atoms with Gasteiger partial charge in [-0.15, -0.1) is 0 Å². The van der Waals surface area contributed by atoms with Crippen molar-refractivity contribution in [3.05, 3.63) is 24.8 Å². The van der Waals surface area contributed by atoms with E-state index < -0.39 is 0 Å². The predicted octanol–water partition coefficient (Wildman–Crippen LogP) is 3.32. The smallest absolute Gasteiger partial charge is 0.138 e. The molecule has 5 heteroatoms. The third-order valence-corrected chi connectivity index (χ3v) is 5.04. The van der Waals surface area contributed by atoms with Crippen LogP contribution in [0.1, 0.15) is 44.9 Å². The highest BCUT2D eigenvalue weighted by Crippen LogP contribution is 2.41. The highest BCUT2D eigenvalue weighted by molar-refractivity contribution is 5.87. The van der Waals surface area contributed by atoms with Crippen LogP contribution in [0.2, 0.25) is 0 Å². The van der Waals surface area contributed by atoms with Gasteiger partial charge in [-0.1, -0.05) is 19.3 Å². The molecule has 4 rings (SSSR count). The average Bonchev–Trinajstić information content (AvgIpc) is 2.96. The van der Waals surface area contributed by atoms with Crippen molar-refractivity contribution in [3.8, 4) is 0 Å². The number of hydrogen-bond acceptors (Lipinski definition) is 5. The fourth-order valence-corrected chi connectivity index (χ4v) is 3.86. The fraction of sp³-hybridized carbons (Fsp3) is 0.588. The molecular formula is C17H22N4O. The summed E-state index contributed by atoms with van der Waals surface area (Å²) in [6.07, 6.45) is 14.3. The van der Waals surface area contributed by atoms with Crippen molar-refractivity contribution in [1.29, 1.82) is 0 Å². The summed E-state index contributed by atoms with van der Waals surface area (Å²) < 4.78 is 6.40. The van der Waals surface area contributed by atoms with E-state index in [0.29, 0.717) is 6.10 Å². The summed E-state index contributed by atoms with van der Waals surface area (Å²) in [4.78, 5) is 12.8. The molecule has 116 valence electrons. The Bertz CT molecular complexity index is 649. The monoisotopic (exact) mass is 298 g/mol. The molecule has 2 aromatic heterocycles. The van der Waals surface area contributed by atoms with Crippen molar-refractivity contribution in [2.75, 3.05) is 11.9 Å².